The molecule has 2 saturated carbocycles. The lowest BCUT2D eigenvalue weighted by molar-refractivity contribution is 0.392. The SMILES string of the molecule is C=C(C)[C@H]1CC(=C=C[Si](C)(C)C)[C@]2(C)C[C@@H]2C1. The van der Waals surface area contributed by atoms with Crippen LogP contribution in [0.2, 0.25) is 19.6 Å². The van der Waals surface area contributed by atoms with Gasteiger partial charge in [-0.1, -0.05) is 44.4 Å². The molecular formula is C16H26Si. The van der Waals surface area contributed by atoms with Crippen LogP contribution in [0, 0.1) is 17.3 Å². The first-order chi connectivity index (χ1) is 7.72. The maximum absolute atomic E-state index is 4.16. The smallest absolute Gasteiger partial charge is 0.0781 e. The minimum absolute atomic E-state index is 0.502. The Morgan fingerprint density at radius 1 is 1.47 bits per heavy atom. The van der Waals surface area contributed by atoms with Crippen LogP contribution in [0.3, 0.4) is 0 Å². The summed E-state index contributed by atoms with van der Waals surface area (Å²) in [7, 11) is -1.11. The number of fused-ring (bicyclic) bond motifs is 1. The van der Waals surface area contributed by atoms with Crippen molar-refractivity contribution in [2.45, 2.75) is 52.8 Å². The van der Waals surface area contributed by atoms with Gasteiger partial charge in [-0.2, -0.15) is 0 Å². The van der Waals surface area contributed by atoms with Crippen LogP contribution in [0.1, 0.15) is 33.1 Å². The molecule has 0 aromatic carbocycles. The molecule has 2 aliphatic rings. The van der Waals surface area contributed by atoms with Gasteiger partial charge in [-0.3, -0.25) is 0 Å². The van der Waals surface area contributed by atoms with E-state index in [1.54, 1.807) is 5.57 Å². The fraction of sp³-hybridized carbons (Fsp3) is 0.688. The van der Waals surface area contributed by atoms with Crippen molar-refractivity contribution in [1.82, 2.24) is 0 Å². The van der Waals surface area contributed by atoms with Crippen molar-refractivity contribution in [3.8, 4) is 0 Å². The van der Waals surface area contributed by atoms with Crippen LogP contribution < -0.4 is 0 Å². The number of allylic oxidation sites excluding steroid dienone is 2. The van der Waals surface area contributed by atoms with Crippen molar-refractivity contribution in [2.24, 2.45) is 17.3 Å². The molecule has 1 heteroatoms. The highest BCUT2D eigenvalue weighted by atomic mass is 28.3. The summed E-state index contributed by atoms with van der Waals surface area (Å²) in [4.78, 5) is 0. The third-order valence-electron chi connectivity index (χ3n) is 4.50. The zero-order valence-electron chi connectivity index (χ0n) is 12.1. The summed E-state index contributed by atoms with van der Waals surface area (Å²) in [6, 6.07) is 0. The summed E-state index contributed by atoms with van der Waals surface area (Å²) in [5, 5.41) is 0. The van der Waals surface area contributed by atoms with E-state index in [1.807, 2.05) is 0 Å². The monoisotopic (exact) mass is 246 g/mol. The van der Waals surface area contributed by atoms with Gasteiger partial charge in [0.15, 0.2) is 0 Å². The second kappa shape index (κ2) is 4.00. The lowest BCUT2D eigenvalue weighted by Crippen LogP contribution is -2.18. The van der Waals surface area contributed by atoms with Crippen molar-refractivity contribution in [3.63, 3.8) is 0 Å². The molecule has 17 heavy (non-hydrogen) atoms. The first-order valence-electron chi connectivity index (χ1n) is 6.85. The Bertz CT molecular complexity index is 404. The quantitative estimate of drug-likeness (QED) is 0.367. The topological polar surface area (TPSA) is 0 Å². The molecule has 0 radical (unpaired) electrons. The molecular weight excluding hydrogens is 220 g/mol. The molecule has 0 N–H and O–H groups in total. The third-order valence-corrected chi connectivity index (χ3v) is 5.51. The van der Waals surface area contributed by atoms with E-state index in [4.69, 9.17) is 0 Å². The summed E-state index contributed by atoms with van der Waals surface area (Å²) >= 11 is 0. The molecule has 2 fully saturated rings. The third kappa shape index (κ3) is 2.67. The molecule has 3 atom stereocenters. The van der Waals surface area contributed by atoms with E-state index in [1.165, 1.54) is 24.8 Å². The molecule has 0 aromatic rings. The van der Waals surface area contributed by atoms with Crippen LogP contribution in [0.4, 0.5) is 0 Å². The van der Waals surface area contributed by atoms with Gasteiger partial charge in [-0.15, -0.1) is 5.73 Å². The van der Waals surface area contributed by atoms with Gasteiger partial charge in [0.2, 0.25) is 0 Å². The Morgan fingerprint density at radius 2 is 2.12 bits per heavy atom. The Morgan fingerprint density at radius 3 is 2.65 bits per heavy atom. The minimum atomic E-state index is -1.11. The molecule has 94 valence electrons. The molecule has 0 nitrogen and oxygen atoms in total. The van der Waals surface area contributed by atoms with Gasteiger partial charge < -0.3 is 0 Å². The van der Waals surface area contributed by atoms with Gasteiger partial charge in [0.05, 0.1) is 8.07 Å². The zero-order chi connectivity index (χ0) is 12.8. The van der Waals surface area contributed by atoms with Crippen molar-refractivity contribution in [2.75, 3.05) is 0 Å². The van der Waals surface area contributed by atoms with Gasteiger partial charge in [-0.05, 0) is 49.0 Å². The van der Waals surface area contributed by atoms with E-state index in [0.717, 1.165) is 5.92 Å². The normalized spacial score (nSPS) is 35.9. The van der Waals surface area contributed by atoms with E-state index >= 15 is 0 Å². The van der Waals surface area contributed by atoms with Gasteiger partial charge in [0, 0.05) is 0 Å². The Kier molecular flexibility index (Phi) is 3.04. The first-order valence-corrected chi connectivity index (χ1v) is 10.4. The lowest BCUT2D eigenvalue weighted by Gasteiger charge is -2.28. The van der Waals surface area contributed by atoms with Crippen LogP contribution in [-0.2, 0) is 0 Å². The summed E-state index contributed by atoms with van der Waals surface area (Å²) in [5.41, 5.74) is 9.54. The van der Waals surface area contributed by atoms with E-state index in [9.17, 15) is 0 Å². The highest BCUT2D eigenvalue weighted by Gasteiger charge is 2.56. The molecule has 0 amide bonds. The molecule has 2 rings (SSSR count). The van der Waals surface area contributed by atoms with Crippen LogP contribution in [0.25, 0.3) is 0 Å². The van der Waals surface area contributed by atoms with Crippen molar-refractivity contribution < 1.29 is 0 Å². The highest BCUT2D eigenvalue weighted by molar-refractivity contribution is 6.80. The highest BCUT2D eigenvalue weighted by Crippen LogP contribution is 2.65. The maximum Gasteiger partial charge on any atom is 0.0781 e. The van der Waals surface area contributed by atoms with Crippen LogP contribution in [0.15, 0.2) is 29.2 Å². The molecule has 0 aliphatic heterocycles. The van der Waals surface area contributed by atoms with Gasteiger partial charge in [0.25, 0.3) is 0 Å². The summed E-state index contributed by atoms with van der Waals surface area (Å²) < 4.78 is 0. The van der Waals surface area contributed by atoms with E-state index in [2.05, 4.69) is 51.5 Å². The molecule has 0 bridgehead atoms. The summed E-state index contributed by atoms with van der Waals surface area (Å²) in [6.45, 7) is 15.9. The maximum atomic E-state index is 4.16. The molecule has 0 unspecified atom stereocenters. The number of rotatable bonds is 2. The van der Waals surface area contributed by atoms with Gasteiger partial charge in [-0.25, -0.2) is 0 Å². The fourth-order valence-corrected chi connectivity index (χ4v) is 3.58. The van der Waals surface area contributed by atoms with E-state index in [-0.39, 0.29) is 0 Å². The average Bonchev–Trinajstić information content (AvgIpc) is 2.84. The molecule has 0 aromatic heterocycles. The van der Waals surface area contributed by atoms with E-state index < -0.39 is 8.07 Å². The second-order valence-electron chi connectivity index (χ2n) is 7.43. The Balaban J connectivity index is 2.26. The van der Waals surface area contributed by atoms with Gasteiger partial charge >= 0.3 is 0 Å². The Labute approximate surface area is 108 Å². The zero-order valence-corrected chi connectivity index (χ0v) is 13.1. The molecule has 0 spiro atoms. The number of hydrogen-bond donors (Lipinski definition) is 0. The average molecular weight is 246 g/mol. The molecule has 0 saturated heterocycles. The van der Waals surface area contributed by atoms with Crippen LogP contribution in [0.5, 0.6) is 0 Å². The van der Waals surface area contributed by atoms with Gasteiger partial charge in [0.1, 0.15) is 0 Å². The van der Waals surface area contributed by atoms with Crippen molar-refractivity contribution in [1.29, 1.82) is 0 Å². The standard InChI is InChI=1S/C16H26Si/c1-12(2)13-9-14(7-8-17(4,5)6)16(3)11-15(16)10-13/h8,13,15H,1,9-11H2,2-6H3/t7?,13-,15-,16-/m0/s1. The van der Waals surface area contributed by atoms with Crippen molar-refractivity contribution in [3.05, 3.63) is 29.2 Å². The van der Waals surface area contributed by atoms with Crippen LogP contribution in [-0.4, -0.2) is 8.07 Å². The lowest BCUT2D eigenvalue weighted by atomic mass is 9.77. The second-order valence-corrected chi connectivity index (χ2v) is 12.5. The minimum Gasteiger partial charge on any atom is -0.130 e. The van der Waals surface area contributed by atoms with Crippen molar-refractivity contribution >= 4 is 8.07 Å². The molecule has 2 aliphatic carbocycles. The van der Waals surface area contributed by atoms with E-state index in [0.29, 0.717) is 11.3 Å². The largest absolute Gasteiger partial charge is 0.130 e. The molecule has 0 heterocycles. The number of hydrogen-bond acceptors (Lipinski definition) is 0. The summed E-state index contributed by atoms with van der Waals surface area (Å²) in [5.74, 6) is 1.63. The predicted octanol–water partition coefficient (Wildman–Crippen LogP) is 4.96. The summed E-state index contributed by atoms with van der Waals surface area (Å²) in [6.07, 6.45) is 3.96. The Hall–Kier alpha value is -0.523. The van der Waals surface area contributed by atoms with Crippen LogP contribution >= 0.6 is 0 Å². The first kappa shape index (κ1) is 12.9. The fourth-order valence-electron chi connectivity index (χ4n) is 2.98. The predicted molar refractivity (Wildman–Crippen MR) is 78.7 cm³/mol.